The molecule has 0 atom stereocenters. The summed E-state index contributed by atoms with van der Waals surface area (Å²) >= 11 is 7.57. The quantitative estimate of drug-likeness (QED) is 0.709. The summed E-state index contributed by atoms with van der Waals surface area (Å²) in [5.74, 6) is -0.00246. The van der Waals surface area contributed by atoms with Crippen molar-refractivity contribution in [2.75, 3.05) is 38.0 Å². The molecular weight excluding hydrogens is 380 g/mol. The van der Waals surface area contributed by atoms with E-state index in [1.165, 1.54) is 16.9 Å². The highest BCUT2D eigenvalue weighted by molar-refractivity contribution is 7.22. The number of anilines is 1. The van der Waals surface area contributed by atoms with E-state index in [2.05, 4.69) is 26.2 Å². The lowest BCUT2D eigenvalue weighted by molar-refractivity contribution is -0.117. The number of carbonyl (C=O) groups excluding carboxylic acids is 1. The topological polar surface area (TPSA) is 48.5 Å². The number of piperazine rings is 1. The zero-order valence-corrected chi connectivity index (χ0v) is 16.5. The molecule has 1 amide bonds. The minimum absolute atomic E-state index is 0.00246. The lowest BCUT2D eigenvalue weighted by atomic mass is 10.2. The van der Waals surface area contributed by atoms with Gasteiger partial charge in [-0.05, 0) is 29.8 Å². The Morgan fingerprint density at radius 2 is 1.85 bits per heavy atom. The summed E-state index contributed by atoms with van der Waals surface area (Å²) < 4.78 is 1.09. The summed E-state index contributed by atoms with van der Waals surface area (Å²) in [5, 5.41) is 4.38. The number of halogens is 1. The number of hydrogen-bond donors (Lipinski definition) is 1. The fraction of sp³-hybridized carbons (Fsp3) is 0.300. The van der Waals surface area contributed by atoms with Crippen LogP contribution in [0.25, 0.3) is 10.2 Å². The molecule has 0 unspecified atom stereocenters. The van der Waals surface area contributed by atoms with Crippen molar-refractivity contribution < 1.29 is 4.79 Å². The van der Waals surface area contributed by atoms with Crippen LogP contribution in [0.2, 0.25) is 5.02 Å². The first-order valence-corrected chi connectivity index (χ1v) is 10.2. The molecule has 2 aromatic carbocycles. The highest BCUT2D eigenvalue weighted by Crippen LogP contribution is 2.25. The second-order valence-electron chi connectivity index (χ2n) is 6.72. The van der Waals surface area contributed by atoms with Crippen LogP contribution in [0, 0.1) is 0 Å². The fourth-order valence-corrected chi connectivity index (χ4v) is 4.38. The van der Waals surface area contributed by atoms with Gasteiger partial charge < -0.3 is 5.32 Å². The number of rotatable bonds is 5. The molecule has 2 heterocycles. The minimum Gasteiger partial charge on any atom is -0.301 e. The average molecular weight is 401 g/mol. The van der Waals surface area contributed by atoms with Gasteiger partial charge >= 0.3 is 0 Å². The first-order chi connectivity index (χ1) is 13.2. The van der Waals surface area contributed by atoms with Gasteiger partial charge in [0.05, 0.1) is 16.8 Å². The zero-order chi connectivity index (χ0) is 18.6. The fourth-order valence-electron chi connectivity index (χ4n) is 3.29. The number of aromatic nitrogens is 1. The van der Waals surface area contributed by atoms with Crippen LogP contribution in [0.4, 0.5) is 5.13 Å². The van der Waals surface area contributed by atoms with Crippen LogP contribution >= 0.6 is 22.9 Å². The molecule has 5 nitrogen and oxygen atoms in total. The summed E-state index contributed by atoms with van der Waals surface area (Å²) in [6.07, 6.45) is 0. The molecular formula is C20H21ClN4OS. The molecule has 1 aromatic heterocycles. The molecule has 4 rings (SSSR count). The number of benzene rings is 2. The Bertz CT molecular complexity index is 903. The van der Waals surface area contributed by atoms with Crippen molar-refractivity contribution in [1.29, 1.82) is 0 Å². The van der Waals surface area contributed by atoms with Gasteiger partial charge in [-0.15, -0.1) is 0 Å². The number of nitrogens with one attached hydrogen (secondary N) is 1. The Balaban J connectivity index is 1.25. The number of carbonyl (C=O) groups is 1. The highest BCUT2D eigenvalue weighted by Gasteiger charge is 2.19. The first-order valence-electron chi connectivity index (χ1n) is 9.00. The molecule has 7 heteroatoms. The maximum atomic E-state index is 12.4. The summed E-state index contributed by atoms with van der Waals surface area (Å²) in [6, 6.07) is 15.9. The maximum absolute atomic E-state index is 12.4. The van der Waals surface area contributed by atoms with Gasteiger partial charge in [0.2, 0.25) is 5.91 Å². The largest absolute Gasteiger partial charge is 0.301 e. The third-order valence-electron chi connectivity index (χ3n) is 4.67. The molecule has 0 aliphatic carbocycles. The van der Waals surface area contributed by atoms with Crippen LogP contribution in [0.3, 0.4) is 0 Å². The average Bonchev–Trinajstić information content (AvgIpc) is 3.05. The van der Waals surface area contributed by atoms with Crippen molar-refractivity contribution in [3.8, 4) is 0 Å². The van der Waals surface area contributed by atoms with E-state index in [1.54, 1.807) is 0 Å². The minimum atomic E-state index is -0.00246. The summed E-state index contributed by atoms with van der Waals surface area (Å²) in [7, 11) is 0. The molecule has 0 spiro atoms. The van der Waals surface area contributed by atoms with E-state index in [4.69, 9.17) is 11.6 Å². The van der Waals surface area contributed by atoms with Crippen molar-refractivity contribution in [3.63, 3.8) is 0 Å². The summed E-state index contributed by atoms with van der Waals surface area (Å²) in [5.41, 5.74) is 2.15. The molecule has 1 aliphatic rings. The molecule has 3 aromatic rings. The molecule has 1 fully saturated rings. The van der Waals surface area contributed by atoms with Crippen molar-refractivity contribution in [2.45, 2.75) is 6.54 Å². The van der Waals surface area contributed by atoms with Gasteiger partial charge in [-0.3, -0.25) is 14.6 Å². The number of para-hydroxylation sites is 1. The predicted octanol–water partition coefficient (Wildman–Crippen LogP) is 3.71. The number of fused-ring (bicyclic) bond motifs is 1. The highest BCUT2D eigenvalue weighted by atomic mass is 35.5. The Hall–Kier alpha value is -1.99. The monoisotopic (exact) mass is 400 g/mol. The zero-order valence-electron chi connectivity index (χ0n) is 14.9. The summed E-state index contributed by atoms with van der Waals surface area (Å²) in [4.78, 5) is 21.4. The van der Waals surface area contributed by atoms with Crippen LogP contribution in [0.5, 0.6) is 0 Å². The SMILES string of the molecule is O=C(CN1CCN(Cc2cccc(Cl)c2)CC1)Nc1nc2ccccc2s1. The van der Waals surface area contributed by atoms with Gasteiger partial charge in [-0.1, -0.05) is 47.2 Å². The van der Waals surface area contributed by atoms with E-state index in [0.717, 1.165) is 48.0 Å². The third-order valence-corrected chi connectivity index (χ3v) is 5.85. The molecule has 0 radical (unpaired) electrons. The van der Waals surface area contributed by atoms with Gasteiger partial charge in [0, 0.05) is 37.7 Å². The molecule has 0 saturated carbocycles. The van der Waals surface area contributed by atoms with Crippen LogP contribution in [0.15, 0.2) is 48.5 Å². The van der Waals surface area contributed by atoms with Crippen LogP contribution in [-0.2, 0) is 11.3 Å². The molecule has 0 bridgehead atoms. The number of hydrogen-bond acceptors (Lipinski definition) is 5. The van der Waals surface area contributed by atoms with E-state index >= 15 is 0 Å². The van der Waals surface area contributed by atoms with Gasteiger partial charge in [-0.2, -0.15) is 0 Å². The molecule has 27 heavy (non-hydrogen) atoms. The first kappa shape index (κ1) is 18.4. The standard InChI is InChI=1S/C20H21ClN4OS/c21-16-5-3-4-15(12-16)13-24-8-10-25(11-9-24)14-19(26)23-20-22-17-6-1-2-7-18(17)27-20/h1-7,12H,8-11,13-14H2,(H,22,23,26). The van der Waals surface area contributed by atoms with E-state index in [1.807, 2.05) is 42.5 Å². The lowest BCUT2D eigenvalue weighted by Gasteiger charge is -2.34. The van der Waals surface area contributed by atoms with E-state index < -0.39 is 0 Å². The maximum Gasteiger partial charge on any atom is 0.240 e. The Morgan fingerprint density at radius 3 is 2.63 bits per heavy atom. The van der Waals surface area contributed by atoms with Gasteiger partial charge in [0.15, 0.2) is 5.13 Å². The Kier molecular flexibility index (Phi) is 5.69. The van der Waals surface area contributed by atoms with Crippen LogP contribution in [-0.4, -0.2) is 53.4 Å². The normalized spacial score (nSPS) is 15.9. The number of amides is 1. The van der Waals surface area contributed by atoms with Crippen molar-refractivity contribution in [1.82, 2.24) is 14.8 Å². The van der Waals surface area contributed by atoms with Gasteiger partial charge in [-0.25, -0.2) is 4.98 Å². The lowest BCUT2D eigenvalue weighted by Crippen LogP contribution is -2.48. The van der Waals surface area contributed by atoms with Crippen molar-refractivity contribution in [3.05, 3.63) is 59.1 Å². The van der Waals surface area contributed by atoms with Crippen LogP contribution in [0.1, 0.15) is 5.56 Å². The Morgan fingerprint density at radius 1 is 1.07 bits per heavy atom. The summed E-state index contributed by atoms with van der Waals surface area (Å²) in [6.45, 7) is 4.96. The molecule has 1 N–H and O–H groups in total. The van der Waals surface area contributed by atoms with Gasteiger partial charge in [0.1, 0.15) is 0 Å². The van der Waals surface area contributed by atoms with E-state index in [-0.39, 0.29) is 5.91 Å². The third kappa shape index (κ3) is 4.84. The smallest absolute Gasteiger partial charge is 0.240 e. The molecule has 140 valence electrons. The van der Waals surface area contributed by atoms with E-state index in [0.29, 0.717) is 11.7 Å². The van der Waals surface area contributed by atoms with Crippen molar-refractivity contribution >= 4 is 44.2 Å². The second-order valence-corrected chi connectivity index (χ2v) is 8.18. The number of thiazole rings is 1. The molecule has 1 saturated heterocycles. The van der Waals surface area contributed by atoms with Crippen molar-refractivity contribution in [2.24, 2.45) is 0 Å². The second kappa shape index (κ2) is 8.35. The van der Waals surface area contributed by atoms with Gasteiger partial charge in [0.25, 0.3) is 0 Å². The van der Waals surface area contributed by atoms with E-state index in [9.17, 15) is 4.79 Å². The van der Waals surface area contributed by atoms with Crippen LogP contribution < -0.4 is 5.32 Å². The molecule has 1 aliphatic heterocycles. The number of nitrogens with zero attached hydrogens (tertiary/aromatic N) is 3. The predicted molar refractivity (Wildman–Crippen MR) is 111 cm³/mol. The Labute approximate surface area is 167 Å².